The molecule has 0 aliphatic heterocycles. The lowest BCUT2D eigenvalue weighted by molar-refractivity contribution is -0.0424. The molecule has 3 heteroatoms. The van der Waals surface area contributed by atoms with Gasteiger partial charge < -0.3 is 10.2 Å². The highest BCUT2D eigenvalue weighted by Crippen LogP contribution is 2.09. The Morgan fingerprint density at radius 2 is 1.73 bits per heavy atom. The molecule has 2 N–H and O–H groups in total. The fraction of sp³-hybridized carbons (Fsp3) is 0.125. The van der Waals surface area contributed by atoms with Gasteiger partial charge in [0.15, 0.2) is 6.29 Å². The summed E-state index contributed by atoms with van der Waals surface area (Å²) in [5.41, 5.74) is 0.901. The Balaban J connectivity index is 2.94. The van der Waals surface area contributed by atoms with E-state index in [1.165, 1.54) is 24.3 Å². The highest BCUT2D eigenvalue weighted by atomic mass is 16.5. The highest BCUT2D eigenvalue weighted by Gasteiger charge is 2.00. The highest BCUT2D eigenvalue weighted by molar-refractivity contribution is 5.31. The number of hydrogen-bond donors (Lipinski definition) is 2. The third-order valence-electron chi connectivity index (χ3n) is 1.34. The lowest BCUT2D eigenvalue weighted by atomic mass is 10.1. The van der Waals surface area contributed by atoms with Crippen molar-refractivity contribution < 1.29 is 10.2 Å². The van der Waals surface area contributed by atoms with Crippen LogP contribution in [-0.2, 0) is 0 Å². The van der Waals surface area contributed by atoms with Crippen molar-refractivity contribution >= 4 is 0 Å². The van der Waals surface area contributed by atoms with Crippen LogP contribution in [0.3, 0.4) is 0 Å². The van der Waals surface area contributed by atoms with Crippen LogP contribution in [-0.4, -0.2) is 10.2 Å². The molecule has 3 nitrogen and oxygen atoms in total. The molecule has 11 heavy (non-hydrogen) atoms. The molecule has 0 aliphatic carbocycles. The van der Waals surface area contributed by atoms with E-state index in [2.05, 4.69) is 0 Å². The summed E-state index contributed by atoms with van der Waals surface area (Å²) in [6.07, 6.45) is -1.46. The van der Waals surface area contributed by atoms with Crippen LogP contribution in [0.15, 0.2) is 24.3 Å². The van der Waals surface area contributed by atoms with Crippen molar-refractivity contribution in [3.8, 4) is 6.07 Å². The van der Waals surface area contributed by atoms with Crippen molar-refractivity contribution in [3.63, 3.8) is 0 Å². The molecule has 0 saturated carbocycles. The van der Waals surface area contributed by atoms with Crippen molar-refractivity contribution in [2.45, 2.75) is 6.29 Å². The first kappa shape index (κ1) is 7.73. The van der Waals surface area contributed by atoms with Gasteiger partial charge in [-0.25, -0.2) is 0 Å². The van der Waals surface area contributed by atoms with Crippen LogP contribution < -0.4 is 0 Å². The zero-order valence-electron chi connectivity index (χ0n) is 5.73. The molecule has 0 fully saturated rings. The van der Waals surface area contributed by atoms with Gasteiger partial charge in [-0.1, -0.05) is 12.1 Å². The van der Waals surface area contributed by atoms with Crippen molar-refractivity contribution in [1.82, 2.24) is 0 Å². The van der Waals surface area contributed by atoms with E-state index < -0.39 is 6.29 Å². The van der Waals surface area contributed by atoms with Crippen molar-refractivity contribution in [3.05, 3.63) is 35.4 Å². The molecule has 0 radical (unpaired) electrons. The summed E-state index contributed by atoms with van der Waals surface area (Å²) in [6, 6.07) is 8.01. The number of nitrogens with zero attached hydrogens (tertiary/aromatic N) is 1. The predicted molar refractivity (Wildman–Crippen MR) is 38.3 cm³/mol. The summed E-state index contributed by atoms with van der Waals surface area (Å²) in [7, 11) is 0. The molecule has 0 unspecified atom stereocenters. The Bertz CT molecular complexity index is 271. The Morgan fingerprint density at radius 1 is 1.18 bits per heavy atom. The van der Waals surface area contributed by atoms with Crippen LogP contribution in [0.4, 0.5) is 0 Å². The van der Waals surface area contributed by atoms with Crippen LogP contribution in [0.1, 0.15) is 17.4 Å². The van der Waals surface area contributed by atoms with Crippen molar-refractivity contribution in [2.24, 2.45) is 0 Å². The molecule has 1 rings (SSSR count). The first-order valence-corrected chi connectivity index (χ1v) is 3.10. The molecule has 0 aliphatic rings. The van der Waals surface area contributed by atoms with Gasteiger partial charge in [0.05, 0.1) is 11.6 Å². The average Bonchev–Trinajstić information content (AvgIpc) is 2.05. The number of hydrogen-bond acceptors (Lipinski definition) is 3. The van der Waals surface area contributed by atoms with Gasteiger partial charge >= 0.3 is 0 Å². The van der Waals surface area contributed by atoms with Crippen LogP contribution in [0.25, 0.3) is 0 Å². The SMILES string of the molecule is N#Cc1ccc(C(O)O)cc1. The summed E-state index contributed by atoms with van der Waals surface area (Å²) < 4.78 is 0. The lowest BCUT2D eigenvalue weighted by Gasteiger charge is -2.01. The number of rotatable bonds is 1. The van der Waals surface area contributed by atoms with Gasteiger partial charge in [0.1, 0.15) is 0 Å². The summed E-state index contributed by atoms with van der Waals surface area (Å²) in [5.74, 6) is 0. The summed E-state index contributed by atoms with van der Waals surface area (Å²) in [5, 5.41) is 25.7. The normalized spacial score (nSPS) is 9.64. The maximum absolute atomic E-state index is 8.66. The number of aliphatic hydroxyl groups excluding tert-OH is 1. The predicted octanol–water partition coefficient (Wildman–Crippen LogP) is 0.541. The molecule has 0 spiro atoms. The monoisotopic (exact) mass is 149 g/mol. The van der Waals surface area contributed by atoms with E-state index >= 15 is 0 Å². The smallest absolute Gasteiger partial charge is 0.178 e. The van der Waals surface area contributed by atoms with Crippen LogP contribution in [0, 0.1) is 11.3 Å². The summed E-state index contributed by atoms with van der Waals surface area (Å²) in [4.78, 5) is 0. The fourth-order valence-corrected chi connectivity index (χ4v) is 0.730. The Hall–Kier alpha value is -1.37. The van der Waals surface area contributed by atoms with E-state index in [0.29, 0.717) is 11.1 Å². The molecule has 56 valence electrons. The van der Waals surface area contributed by atoms with E-state index in [9.17, 15) is 0 Å². The second-order valence-electron chi connectivity index (χ2n) is 2.11. The zero-order chi connectivity index (χ0) is 8.27. The summed E-state index contributed by atoms with van der Waals surface area (Å²) in [6.45, 7) is 0. The van der Waals surface area contributed by atoms with Gasteiger partial charge in [-0.05, 0) is 12.1 Å². The molecule has 1 aromatic carbocycles. The van der Waals surface area contributed by atoms with Crippen molar-refractivity contribution in [1.29, 1.82) is 5.26 Å². The van der Waals surface area contributed by atoms with Crippen LogP contribution >= 0.6 is 0 Å². The number of benzene rings is 1. The third kappa shape index (κ3) is 1.77. The van der Waals surface area contributed by atoms with E-state index in [1.54, 1.807) is 0 Å². The van der Waals surface area contributed by atoms with Gasteiger partial charge in [0, 0.05) is 5.56 Å². The maximum Gasteiger partial charge on any atom is 0.178 e. The fourth-order valence-electron chi connectivity index (χ4n) is 0.730. The maximum atomic E-state index is 8.66. The molecule has 0 bridgehead atoms. The minimum absolute atomic E-state index is 0.393. The van der Waals surface area contributed by atoms with Gasteiger partial charge in [0.25, 0.3) is 0 Å². The molecular weight excluding hydrogens is 142 g/mol. The first-order chi connectivity index (χ1) is 5.24. The Kier molecular flexibility index (Phi) is 2.21. The quantitative estimate of drug-likeness (QED) is 0.573. The van der Waals surface area contributed by atoms with Gasteiger partial charge in [-0.15, -0.1) is 0 Å². The van der Waals surface area contributed by atoms with E-state index in [-0.39, 0.29) is 0 Å². The number of aliphatic hydroxyl groups is 2. The van der Waals surface area contributed by atoms with Gasteiger partial charge in [0.2, 0.25) is 0 Å². The van der Waals surface area contributed by atoms with E-state index in [0.717, 1.165) is 0 Å². The molecule has 1 aromatic rings. The second-order valence-corrected chi connectivity index (χ2v) is 2.11. The minimum atomic E-state index is -1.46. The van der Waals surface area contributed by atoms with E-state index in [1.807, 2.05) is 6.07 Å². The topological polar surface area (TPSA) is 64.2 Å². The van der Waals surface area contributed by atoms with Crippen molar-refractivity contribution in [2.75, 3.05) is 0 Å². The molecule has 0 amide bonds. The lowest BCUT2D eigenvalue weighted by Crippen LogP contribution is -1.93. The Labute approximate surface area is 64.1 Å². The summed E-state index contributed by atoms with van der Waals surface area (Å²) >= 11 is 0. The first-order valence-electron chi connectivity index (χ1n) is 3.10. The molecular formula is C8H7NO2. The largest absolute Gasteiger partial charge is 0.364 e. The molecule has 0 heterocycles. The zero-order valence-corrected chi connectivity index (χ0v) is 5.73. The van der Waals surface area contributed by atoms with Gasteiger partial charge in [-0.3, -0.25) is 0 Å². The number of nitriles is 1. The van der Waals surface area contributed by atoms with Crippen LogP contribution in [0.2, 0.25) is 0 Å². The molecule has 0 aromatic heterocycles. The molecule has 0 saturated heterocycles. The van der Waals surface area contributed by atoms with Crippen LogP contribution in [0.5, 0.6) is 0 Å². The minimum Gasteiger partial charge on any atom is -0.364 e. The second kappa shape index (κ2) is 3.15. The third-order valence-corrected chi connectivity index (χ3v) is 1.34. The Morgan fingerprint density at radius 3 is 2.09 bits per heavy atom. The van der Waals surface area contributed by atoms with E-state index in [4.69, 9.17) is 15.5 Å². The van der Waals surface area contributed by atoms with Gasteiger partial charge in [-0.2, -0.15) is 5.26 Å². The average molecular weight is 149 g/mol. The molecule has 0 atom stereocenters. The standard InChI is InChI=1S/C8H7NO2/c9-5-6-1-3-7(4-2-6)8(10)11/h1-4,8,10-11H.